The molecule has 0 saturated heterocycles. The maximum atomic E-state index is 9.06. The third kappa shape index (κ3) is 4.38. The van der Waals surface area contributed by atoms with Gasteiger partial charge in [0.2, 0.25) is 0 Å². The van der Waals surface area contributed by atoms with Crippen molar-refractivity contribution in [2.45, 2.75) is 78.6 Å². The average Bonchev–Trinajstić information content (AvgIpc) is 2.77. The molecule has 6 nitrogen and oxygen atoms in total. The first-order valence-electron chi connectivity index (χ1n) is 9.74. The Morgan fingerprint density at radius 1 is 0.815 bits per heavy atom. The molecule has 0 bridgehead atoms. The normalized spacial score (nSPS) is 14.1. The van der Waals surface area contributed by atoms with E-state index in [0.29, 0.717) is 11.1 Å². The van der Waals surface area contributed by atoms with Crippen molar-refractivity contribution in [2.75, 3.05) is 4.23 Å². The second-order valence-corrected chi connectivity index (χ2v) is 31.3. The Bertz CT molecular complexity index is 889. The zero-order valence-corrected chi connectivity index (χ0v) is 23.3. The van der Waals surface area contributed by atoms with Crippen molar-refractivity contribution in [1.82, 2.24) is 19.2 Å². The summed E-state index contributed by atoms with van der Waals surface area (Å²) in [5.41, 5.74) is 3.09. The minimum absolute atomic E-state index is 0.549. The molecule has 0 amide bonds. The second-order valence-electron chi connectivity index (χ2n) is 11.5. The highest BCUT2D eigenvalue weighted by molar-refractivity contribution is 6.99. The predicted octanol–water partition coefficient (Wildman–Crippen LogP) is 3.94. The first-order valence-corrected chi connectivity index (χ1v) is 23.6. The lowest BCUT2D eigenvalue weighted by molar-refractivity contribution is 0.941. The minimum Gasteiger partial charge on any atom is -0.396 e. The number of imidazole rings is 1. The summed E-state index contributed by atoms with van der Waals surface area (Å²) in [5.74, 6) is 0.985. The van der Waals surface area contributed by atoms with Gasteiger partial charge in [0.1, 0.15) is 35.5 Å². The fraction of sp³-hybridized carbons (Fsp3) is 0.706. The number of aromatic amines is 1. The van der Waals surface area contributed by atoms with Crippen molar-refractivity contribution in [3.63, 3.8) is 0 Å². The number of fused-ring (bicyclic) bond motifs is 1. The van der Waals surface area contributed by atoms with Crippen LogP contribution in [0, 0.1) is 5.41 Å². The van der Waals surface area contributed by atoms with Gasteiger partial charge in [-0.25, -0.2) is 4.98 Å². The molecule has 0 saturated carbocycles. The zero-order chi connectivity index (χ0) is 21.2. The van der Waals surface area contributed by atoms with Gasteiger partial charge >= 0.3 is 0 Å². The number of anilines is 1. The smallest absolute Gasteiger partial charge is 0.184 e. The van der Waals surface area contributed by atoms with Crippen molar-refractivity contribution in [2.24, 2.45) is 0 Å². The lowest BCUT2D eigenvalue weighted by atomic mass is 10.5. The first-order chi connectivity index (χ1) is 11.8. The number of nitrogens with one attached hydrogen (secondary N) is 2. The predicted molar refractivity (Wildman–Crippen MR) is 129 cm³/mol. The zero-order valence-electron chi connectivity index (χ0n) is 19.3. The van der Waals surface area contributed by atoms with E-state index in [1.165, 1.54) is 0 Å². The van der Waals surface area contributed by atoms with Gasteiger partial charge in [0.05, 0.1) is 5.45 Å². The Balaban J connectivity index is 2.99. The van der Waals surface area contributed by atoms with Crippen LogP contribution in [0.2, 0.25) is 78.6 Å². The van der Waals surface area contributed by atoms with Gasteiger partial charge in [-0.1, -0.05) is 78.6 Å². The molecule has 152 valence electrons. The van der Waals surface area contributed by atoms with Gasteiger partial charge < -0.3 is 13.4 Å². The molecule has 2 N–H and O–H groups in total. The number of aromatic nitrogens is 4. The Kier molecular flexibility index (Phi) is 5.39. The van der Waals surface area contributed by atoms with Crippen molar-refractivity contribution in [3.05, 3.63) is 5.49 Å². The average molecular weight is 439 g/mol. The summed E-state index contributed by atoms with van der Waals surface area (Å²) < 4.78 is 4.87. The van der Waals surface area contributed by atoms with Gasteiger partial charge in [0.15, 0.2) is 19.8 Å². The number of H-pyrrole nitrogens is 1. The molecule has 0 atom stereocenters. The highest BCUT2D eigenvalue weighted by atomic mass is 28.4. The van der Waals surface area contributed by atoms with Gasteiger partial charge in [-0.2, -0.15) is 4.98 Å². The van der Waals surface area contributed by atoms with E-state index in [2.05, 4.69) is 92.0 Å². The van der Waals surface area contributed by atoms with E-state index in [-0.39, 0.29) is 0 Å². The van der Waals surface area contributed by atoms with Crippen molar-refractivity contribution < 1.29 is 0 Å². The summed E-state index contributed by atoms with van der Waals surface area (Å²) in [6.45, 7) is 28.0. The Labute approximate surface area is 168 Å². The maximum Gasteiger partial charge on any atom is 0.184 e. The third-order valence-electron chi connectivity index (χ3n) is 4.47. The molecule has 0 fully saturated rings. The fourth-order valence-electron chi connectivity index (χ4n) is 3.71. The fourth-order valence-corrected chi connectivity index (χ4v) is 15.9. The maximum absolute atomic E-state index is 9.06. The van der Waals surface area contributed by atoms with E-state index >= 15 is 0 Å². The molecular weight excluding hydrogens is 401 g/mol. The summed E-state index contributed by atoms with van der Waals surface area (Å²) in [6, 6.07) is 0. The standard InChI is InChI=1S/C17H38N6Si4/c1-24(2,3)16-19-13-14(18)22(25(4,5)6)17(21-15(13)20-16)23(26(7,8)9)27(10,11)12/h18H,1-12H3,(H,19,20). The lowest BCUT2D eigenvalue weighted by Gasteiger charge is -2.46. The Hall–Kier alpha value is -0.982. The molecule has 2 rings (SSSR count). The topological polar surface area (TPSA) is 73.6 Å². The number of nitrogens with zero attached hydrogens (tertiary/aromatic N) is 4. The van der Waals surface area contributed by atoms with Crippen LogP contribution in [0.1, 0.15) is 0 Å². The van der Waals surface area contributed by atoms with Crippen molar-refractivity contribution in [3.8, 4) is 0 Å². The molecule has 2 aromatic heterocycles. The molecule has 2 aromatic rings. The summed E-state index contributed by atoms with van der Waals surface area (Å²) in [4.78, 5) is 13.4. The first kappa shape index (κ1) is 22.3. The lowest BCUT2D eigenvalue weighted by Crippen LogP contribution is -2.62. The molecule has 0 radical (unpaired) electrons. The summed E-state index contributed by atoms with van der Waals surface area (Å²) in [7, 11) is -6.85. The van der Waals surface area contributed by atoms with E-state index < -0.39 is 32.8 Å². The Morgan fingerprint density at radius 2 is 1.30 bits per heavy atom. The minimum atomic E-state index is -1.86. The van der Waals surface area contributed by atoms with Crippen LogP contribution in [0.15, 0.2) is 0 Å². The quantitative estimate of drug-likeness (QED) is 0.694. The largest absolute Gasteiger partial charge is 0.396 e. The van der Waals surface area contributed by atoms with E-state index in [1.54, 1.807) is 0 Å². The summed E-state index contributed by atoms with van der Waals surface area (Å²) in [6.07, 6.45) is 0. The van der Waals surface area contributed by atoms with Crippen LogP contribution in [0.5, 0.6) is 0 Å². The highest BCUT2D eigenvalue weighted by Gasteiger charge is 2.39. The van der Waals surface area contributed by atoms with Crippen molar-refractivity contribution >= 4 is 55.3 Å². The molecule has 10 heteroatoms. The third-order valence-corrected chi connectivity index (χ3v) is 15.0. The second kappa shape index (κ2) is 6.53. The van der Waals surface area contributed by atoms with Crippen LogP contribution >= 0.6 is 0 Å². The van der Waals surface area contributed by atoms with E-state index in [0.717, 1.165) is 16.9 Å². The number of rotatable bonds is 5. The highest BCUT2D eigenvalue weighted by Crippen LogP contribution is 2.28. The van der Waals surface area contributed by atoms with Gasteiger partial charge in [-0.15, -0.1) is 0 Å². The van der Waals surface area contributed by atoms with Crippen LogP contribution in [0.4, 0.5) is 5.95 Å². The molecule has 0 aliphatic heterocycles. The van der Waals surface area contributed by atoms with E-state index in [1.807, 2.05) is 0 Å². The molecular formula is C17H38N6Si4. The molecule has 0 unspecified atom stereocenters. The van der Waals surface area contributed by atoms with Crippen LogP contribution in [-0.2, 0) is 0 Å². The molecule has 0 aromatic carbocycles. The molecule has 0 spiro atoms. The Morgan fingerprint density at radius 3 is 1.67 bits per heavy atom. The molecule has 0 aliphatic carbocycles. The molecule has 27 heavy (non-hydrogen) atoms. The number of hydrogen-bond donors (Lipinski definition) is 2. The summed E-state index contributed by atoms with van der Waals surface area (Å²) in [5, 5.41) is 9.06. The summed E-state index contributed by atoms with van der Waals surface area (Å²) >= 11 is 0. The van der Waals surface area contributed by atoms with Gasteiger partial charge in [0, 0.05) is 0 Å². The molecule has 0 aliphatic rings. The van der Waals surface area contributed by atoms with E-state index in [4.69, 9.17) is 15.4 Å². The number of hydrogen-bond acceptors (Lipinski definition) is 4. The van der Waals surface area contributed by atoms with Gasteiger partial charge in [-0.05, 0) is 0 Å². The van der Waals surface area contributed by atoms with Crippen LogP contribution in [-0.4, -0.2) is 52.0 Å². The van der Waals surface area contributed by atoms with Crippen molar-refractivity contribution in [1.29, 1.82) is 5.41 Å². The van der Waals surface area contributed by atoms with Gasteiger partial charge in [0.25, 0.3) is 0 Å². The van der Waals surface area contributed by atoms with Crippen LogP contribution < -0.4 is 15.2 Å². The SMILES string of the molecule is C[Si](C)(C)c1nc2nc(N([Si](C)(C)C)[Si](C)(C)C)n([Si](C)(C)C)c(=N)c2[nH]1. The van der Waals surface area contributed by atoms with Crippen LogP contribution in [0.3, 0.4) is 0 Å². The molecule has 2 heterocycles. The monoisotopic (exact) mass is 438 g/mol. The van der Waals surface area contributed by atoms with E-state index in [9.17, 15) is 0 Å². The van der Waals surface area contributed by atoms with Gasteiger partial charge in [-0.3, -0.25) is 5.41 Å². The van der Waals surface area contributed by atoms with Crippen LogP contribution in [0.25, 0.3) is 11.2 Å².